The van der Waals surface area contributed by atoms with Crippen molar-refractivity contribution in [2.24, 2.45) is 0 Å². The largest absolute Gasteiger partial charge is 0.497 e. The third-order valence-corrected chi connectivity index (χ3v) is 12.6. The molecule has 0 N–H and O–H groups in total. The first-order valence-electron chi connectivity index (χ1n) is 24.6. The van der Waals surface area contributed by atoms with Crippen LogP contribution in [0.3, 0.4) is 0 Å². The molecule has 70 heavy (non-hydrogen) atoms. The fraction of sp³-hybridized carbons (Fsp3) is 0.387. The fourth-order valence-electron chi connectivity index (χ4n) is 8.96. The van der Waals surface area contributed by atoms with Gasteiger partial charge in [-0.05, 0) is 167 Å². The van der Waals surface area contributed by atoms with E-state index in [4.69, 9.17) is 18.9 Å². The number of rotatable bonds is 20. The minimum Gasteiger partial charge on any atom is -0.497 e. The molecular formula is C62H74F2O6. The fourth-order valence-corrected chi connectivity index (χ4v) is 8.96. The summed E-state index contributed by atoms with van der Waals surface area (Å²) >= 11 is 0. The Morgan fingerprint density at radius 2 is 0.814 bits per heavy atom. The molecule has 0 amide bonds. The second-order valence-corrected chi connectivity index (χ2v) is 20.5. The quantitative estimate of drug-likeness (QED) is 0.0759. The Labute approximate surface area is 416 Å². The highest BCUT2D eigenvalue weighted by molar-refractivity contribution is 5.77. The van der Waals surface area contributed by atoms with Gasteiger partial charge in [-0.1, -0.05) is 117 Å². The van der Waals surface area contributed by atoms with Crippen molar-refractivity contribution in [2.75, 3.05) is 14.2 Å². The number of hydrogen-bond acceptors (Lipinski definition) is 6. The molecule has 6 aromatic rings. The Morgan fingerprint density at radius 3 is 1.11 bits per heavy atom. The van der Waals surface area contributed by atoms with Gasteiger partial charge in [0.05, 0.1) is 14.2 Å². The van der Waals surface area contributed by atoms with Gasteiger partial charge in [0.2, 0.25) is 0 Å². The van der Waals surface area contributed by atoms with Crippen LogP contribution in [0, 0.1) is 11.6 Å². The van der Waals surface area contributed by atoms with Gasteiger partial charge in [0.25, 0.3) is 0 Å². The van der Waals surface area contributed by atoms with Crippen molar-refractivity contribution in [3.05, 3.63) is 166 Å². The molecule has 0 aliphatic rings. The van der Waals surface area contributed by atoms with Crippen molar-refractivity contribution in [3.8, 4) is 45.3 Å². The lowest BCUT2D eigenvalue weighted by Gasteiger charge is -2.24. The van der Waals surface area contributed by atoms with Crippen LogP contribution in [0.5, 0.6) is 23.0 Å². The summed E-state index contributed by atoms with van der Waals surface area (Å²) in [4.78, 5) is 23.3. The molecule has 0 bridgehead atoms. The van der Waals surface area contributed by atoms with E-state index >= 15 is 0 Å². The Hall–Kier alpha value is -6.28. The highest BCUT2D eigenvalue weighted by Gasteiger charge is 2.24. The van der Waals surface area contributed by atoms with Crippen molar-refractivity contribution >= 4 is 11.6 Å². The van der Waals surface area contributed by atoms with E-state index in [0.29, 0.717) is 48.7 Å². The standard InChI is InChI=1S/2C31H37FO3/c2*1-7-8-24(17-21(2)33)23-10-12-25(13-11-23)35-20-22-9-15-29(31(3,4)5)27(18-22)28-19-26(34-6)14-16-30(28)32/h2*9-16,18-19,24H,7-8,17,20H2,1-6H3/t2*24-/m10/s1. The Kier molecular flexibility index (Phi) is 19.5. The molecule has 372 valence electrons. The van der Waals surface area contributed by atoms with Crippen LogP contribution in [-0.4, -0.2) is 25.8 Å². The van der Waals surface area contributed by atoms with Crippen LogP contribution in [0.4, 0.5) is 8.78 Å². The number of ether oxygens (including phenoxy) is 4. The van der Waals surface area contributed by atoms with Crippen LogP contribution in [0.25, 0.3) is 22.3 Å². The first-order valence-corrected chi connectivity index (χ1v) is 24.6. The van der Waals surface area contributed by atoms with Gasteiger partial charge in [-0.15, -0.1) is 0 Å². The Bertz CT molecular complexity index is 2470. The zero-order chi connectivity index (χ0) is 51.2. The summed E-state index contributed by atoms with van der Waals surface area (Å²) in [7, 11) is 3.17. The monoisotopic (exact) mass is 953 g/mol. The van der Waals surface area contributed by atoms with Gasteiger partial charge in [0.1, 0.15) is 59.4 Å². The first kappa shape index (κ1) is 54.7. The lowest BCUT2D eigenvalue weighted by molar-refractivity contribution is -0.118. The van der Waals surface area contributed by atoms with E-state index in [1.165, 1.54) is 23.3 Å². The minimum atomic E-state index is -0.280. The maximum atomic E-state index is 14.9. The lowest BCUT2D eigenvalue weighted by atomic mass is 9.81. The van der Waals surface area contributed by atoms with E-state index in [9.17, 15) is 18.4 Å². The summed E-state index contributed by atoms with van der Waals surface area (Å²) in [6.45, 7) is 21.1. The number of methoxy groups -OCH3 is 2. The Balaban J connectivity index is 0.000000261. The van der Waals surface area contributed by atoms with Crippen molar-refractivity contribution in [2.45, 2.75) is 144 Å². The van der Waals surface area contributed by atoms with Gasteiger partial charge in [0, 0.05) is 24.0 Å². The SMILES string of the molecule is CCC[C@@H](CC(C)=O)c1ccc(OCc2ccc(C(C)(C)C)c(-c3cc(OC)ccc3F)c2)cc1.CCC[C@H](CC(C)=O)c1ccc(OCc2ccc(C(C)(C)C)c(-c3cc(OC)ccc3F)c2)cc1. The molecule has 0 unspecified atom stereocenters. The predicted molar refractivity (Wildman–Crippen MR) is 282 cm³/mol. The normalized spacial score (nSPS) is 12.3. The molecule has 0 heterocycles. The average Bonchev–Trinajstić information content (AvgIpc) is 3.32. The van der Waals surface area contributed by atoms with Crippen molar-refractivity contribution < 1.29 is 37.3 Å². The maximum Gasteiger partial charge on any atom is 0.131 e. The number of carbonyl (C=O) groups is 2. The highest BCUT2D eigenvalue weighted by atomic mass is 19.1. The molecule has 0 saturated heterocycles. The van der Waals surface area contributed by atoms with Gasteiger partial charge in [-0.25, -0.2) is 8.78 Å². The molecule has 0 aliphatic carbocycles. The van der Waals surface area contributed by atoms with Gasteiger partial charge >= 0.3 is 0 Å². The molecule has 6 rings (SSSR count). The van der Waals surface area contributed by atoms with E-state index in [2.05, 4.69) is 91.8 Å². The molecule has 2 atom stereocenters. The average molecular weight is 953 g/mol. The zero-order valence-electron chi connectivity index (χ0n) is 43.6. The first-order chi connectivity index (χ1) is 33.2. The molecule has 0 fully saturated rings. The van der Waals surface area contributed by atoms with E-state index in [0.717, 1.165) is 70.6 Å². The predicted octanol–water partition coefficient (Wildman–Crippen LogP) is 16.5. The summed E-state index contributed by atoms with van der Waals surface area (Å²) in [6.07, 6.45) is 5.19. The number of ketones is 2. The van der Waals surface area contributed by atoms with Crippen LogP contribution in [0.1, 0.15) is 153 Å². The van der Waals surface area contributed by atoms with Crippen LogP contribution < -0.4 is 18.9 Å². The van der Waals surface area contributed by atoms with E-state index in [1.807, 2.05) is 48.5 Å². The van der Waals surface area contributed by atoms with Crippen molar-refractivity contribution in [3.63, 3.8) is 0 Å². The Morgan fingerprint density at radius 1 is 0.471 bits per heavy atom. The summed E-state index contributed by atoms with van der Waals surface area (Å²) in [6, 6.07) is 38.0. The van der Waals surface area contributed by atoms with E-state index < -0.39 is 0 Å². The van der Waals surface area contributed by atoms with Gasteiger partial charge < -0.3 is 28.5 Å². The second kappa shape index (κ2) is 25.0. The van der Waals surface area contributed by atoms with Crippen LogP contribution >= 0.6 is 0 Å². The topological polar surface area (TPSA) is 71.1 Å². The molecule has 0 aliphatic heterocycles. The number of hydrogen-bond donors (Lipinski definition) is 0. The van der Waals surface area contributed by atoms with E-state index in [1.54, 1.807) is 52.3 Å². The molecule has 6 aromatic carbocycles. The summed E-state index contributed by atoms with van der Waals surface area (Å²) in [5, 5.41) is 0. The molecular weight excluding hydrogens is 879 g/mol. The number of carbonyl (C=O) groups excluding carboxylic acids is 2. The number of Topliss-reactive ketones (excluding diaryl/α,β-unsaturated/α-hetero) is 2. The lowest BCUT2D eigenvalue weighted by Crippen LogP contribution is -2.13. The zero-order valence-corrected chi connectivity index (χ0v) is 43.6. The maximum absolute atomic E-state index is 14.9. The smallest absolute Gasteiger partial charge is 0.131 e. The second-order valence-electron chi connectivity index (χ2n) is 20.5. The van der Waals surface area contributed by atoms with Gasteiger partial charge in [-0.2, -0.15) is 0 Å². The van der Waals surface area contributed by atoms with Crippen molar-refractivity contribution in [1.82, 2.24) is 0 Å². The molecule has 8 heteroatoms. The molecule has 0 radical (unpaired) electrons. The molecule has 0 aromatic heterocycles. The highest BCUT2D eigenvalue weighted by Crippen LogP contribution is 2.39. The summed E-state index contributed by atoms with van der Waals surface area (Å²) < 4.78 is 52.6. The van der Waals surface area contributed by atoms with E-state index in [-0.39, 0.29) is 45.9 Å². The number of halogens is 2. The molecule has 0 saturated carbocycles. The van der Waals surface area contributed by atoms with Gasteiger partial charge in [-0.3, -0.25) is 0 Å². The van der Waals surface area contributed by atoms with Crippen LogP contribution in [0.2, 0.25) is 0 Å². The van der Waals surface area contributed by atoms with Crippen LogP contribution in [-0.2, 0) is 33.6 Å². The molecule has 0 spiro atoms. The van der Waals surface area contributed by atoms with Crippen LogP contribution in [0.15, 0.2) is 121 Å². The third-order valence-electron chi connectivity index (χ3n) is 12.6. The number of benzene rings is 6. The minimum absolute atomic E-state index is 0.158. The summed E-state index contributed by atoms with van der Waals surface area (Å²) in [5.74, 6) is 3.13. The summed E-state index contributed by atoms with van der Waals surface area (Å²) in [5.41, 5.74) is 8.79. The molecule has 6 nitrogen and oxygen atoms in total. The third kappa shape index (κ3) is 15.4. The van der Waals surface area contributed by atoms with Gasteiger partial charge in [0.15, 0.2) is 0 Å². The van der Waals surface area contributed by atoms with Crippen molar-refractivity contribution in [1.29, 1.82) is 0 Å².